The zero-order chi connectivity index (χ0) is 8.27. The van der Waals surface area contributed by atoms with Crippen molar-refractivity contribution in [1.29, 1.82) is 0 Å². The van der Waals surface area contributed by atoms with E-state index in [1.807, 2.05) is 0 Å². The Kier molecular flexibility index (Phi) is 2.51. The van der Waals surface area contributed by atoms with Crippen LogP contribution < -0.4 is 11.3 Å². The maximum Gasteiger partial charge on any atom is 0.163 e. The normalized spacial score (nSPS) is 10.1. The highest BCUT2D eigenvalue weighted by Gasteiger charge is 2.05. The molecule has 0 bridgehead atoms. The van der Waals surface area contributed by atoms with Crippen molar-refractivity contribution in [2.75, 3.05) is 0 Å². The van der Waals surface area contributed by atoms with Gasteiger partial charge in [-0.1, -0.05) is 12.1 Å². The predicted octanol–water partition coefficient (Wildman–Crippen LogP) is 0.928. The molecule has 0 spiro atoms. The van der Waals surface area contributed by atoms with Gasteiger partial charge in [-0.05, 0) is 6.07 Å². The quantitative estimate of drug-likeness (QED) is 0.496. The van der Waals surface area contributed by atoms with Gasteiger partial charge in [0.2, 0.25) is 0 Å². The van der Waals surface area contributed by atoms with E-state index in [4.69, 9.17) is 5.84 Å². The highest BCUT2D eigenvalue weighted by atomic mass is 19.2. The fraction of sp³-hybridized carbons (Fsp3) is 0.143. The lowest BCUT2D eigenvalue weighted by atomic mass is 10.2. The van der Waals surface area contributed by atoms with Gasteiger partial charge < -0.3 is 0 Å². The van der Waals surface area contributed by atoms with Crippen molar-refractivity contribution in [2.45, 2.75) is 6.54 Å². The minimum Gasteiger partial charge on any atom is -0.271 e. The van der Waals surface area contributed by atoms with Crippen molar-refractivity contribution >= 4 is 0 Å². The lowest BCUT2D eigenvalue weighted by Crippen LogP contribution is -2.21. The largest absolute Gasteiger partial charge is 0.271 e. The third-order valence-electron chi connectivity index (χ3n) is 1.32. The molecule has 1 rings (SSSR count). The van der Waals surface area contributed by atoms with Crippen LogP contribution in [0, 0.1) is 11.6 Å². The van der Waals surface area contributed by atoms with Gasteiger partial charge in [0, 0.05) is 12.1 Å². The van der Waals surface area contributed by atoms with Gasteiger partial charge in [-0.2, -0.15) is 0 Å². The van der Waals surface area contributed by atoms with Gasteiger partial charge in [0.25, 0.3) is 0 Å². The monoisotopic (exact) mass is 158 g/mol. The van der Waals surface area contributed by atoms with Crippen molar-refractivity contribution in [2.24, 2.45) is 5.84 Å². The second kappa shape index (κ2) is 3.41. The molecule has 4 heteroatoms. The molecule has 0 unspecified atom stereocenters. The van der Waals surface area contributed by atoms with Crippen molar-refractivity contribution in [3.63, 3.8) is 0 Å². The van der Waals surface area contributed by atoms with E-state index in [1.54, 1.807) is 0 Å². The molecule has 0 heterocycles. The molecule has 0 aliphatic heterocycles. The molecule has 1 aromatic rings. The van der Waals surface area contributed by atoms with E-state index in [1.165, 1.54) is 12.1 Å². The summed E-state index contributed by atoms with van der Waals surface area (Å²) in [5.74, 6) is 3.25. The molecule has 0 atom stereocenters. The lowest BCUT2D eigenvalue weighted by molar-refractivity contribution is 0.494. The van der Waals surface area contributed by atoms with Crippen LogP contribution in [-0.4, -0.2) is 0 Å². The zero-order valence-electron chi connectivity index (χ0n) is 5.77. The summed E-state index contributed by atoms with van der Waals surface area (Å²) in [6.07, 6.45) is 0. The average molecular weight is 158 g/mol. The van der Waals surface area contributed by atoms with Crippen LogP contribution in [0.4, 0.5) is 8.78 Å². The van der Waals surface area contributed by atoms with Crippen LogP contribution in [0.1, 0.15) is 5.56 Å². The fourth-order valence-electron chi connectivity index (χ4n) is 0.795. The molecule has 0 radical (unpaired) electrons. The van der Waals surface area contributed by atoms with E-state index in [0.717, 1.165) is 6.07 Å². The highest BCUT2D eigenvalue weighted by Crippen LogP contribution is 2.10. The Hall–Kier alpha value is -1.00. The molecule has 1 aromatic carbocycles. The highest BCUT2D eigenvalue weighted by molar-refractivity contribution is 5.18. The first-order chi connectivity index (χ1) is 5.25. The van der Waals surface area contributed by atoms with Gasteiger partial charge in [-0.3, -0.25) is 11.3 Å². The molecule has 0 aliphatic carbocycles. The third kappa shape index (κ3) is 1.72. The number of hydrogen-bond acceptors (Lipinski definition) is 2. The van der Waals surface area contributed by atoms with Gasteiger partial charge in [0.05, 0.1) is 0 Å². The Bertz CT molecular complexity index is 250. The number of benzene rings is 1. The van der Waals surface area contributed by atoms with Crippen LogP contribution in [0.25, 0.3) is 0 Å². The minimum absolute atomic E-state index is 0.129. The molecule has 0 saturated carbocycles. The molecular weight excluding hydrogens is 150 g/mol. The van der Waals surface area contributed by atoms with Crippen LogP contribution in [0.15, 0.2) is 18.2 Å². The van der Waals surface area contributed by atoms with Crippen LogP contribution in [0.5, 0.6) is 0 Å². The Morgan fingerprint density at radius 1 is 1.36 bits per heavy atom. The molecular formula is C7H8F2N2. The van der Waals surface area contributed by atoms with E-state index in [2.05, 4.69) is 5.43 Å². The topological polar surface area (TPSA) is 38.0 Å². The Labute approximate surface area is 63.0 Å². The maximum absolute atomic E-state index is 12.7. The summed E-state index contributed by atoms with van der Waals surface area (Å²) >= 11 is 0. The molecule has 0 aromatic heterocycles. The summed E-state index contributed by atoms with van der Waals surface area (Å²) in [6.45, 7) is 0.129. The van der Waals surface area contributed by atoms with Crippen LogP contribution in [0.2, 0.25) is 0 Å². The van der Waals surface area contributed by atoms with Crippen molar-refractivity contribution in [1.82, 2.24) is 5.43 Å². The number of rotatable bonds is 2. The second-order valence-corrected chi connectivity index (χ2v) is 2.09. The summed E-state index contributed by atoms with van der Waals surface area (Å²) in [6, 6.07) is 3.97. The SMILES string of the molecule is NNCc1cccc(F)c1F. The molecule has 0 aliphatic rings. The first kappa shape index (κ1) is 8.10. The molecule has 0 saturated heterocycles. The fourth-order valence-corrected chi connectivity index (χ4v) is 0.795. The number of hydrogen-bond donors (Lipinski definition) is 2. The molecule has 3 N–H and O–H groups in total. The third-order valence-corrected chi connectivity index (χ3v) is 1.32. The van der Waals surface area contributed by atoms with E-state index in [9.17, 15) is 8.78 Å². The van der Waals surface area contributed by atoms with E-state index >= 15 is 0 Å². The number of nitrogens with two attached hydrogens (primary N) is 1. The Morgan fingerprint density at radius 2 is 2.09 bits per heavy atom. The van der Waals surface area contributed by atoms with Crippen molar-refractivity contribution in [3.05, 3.63) is 35.4 Å². The minimum atomic E-state index is -0.849. The summed E-state index contributed by atoms with van der Waals surface area (Å²) in [4.78, 5) is 0. The summed E-state index contributed by atoms with van der Waals surface area (Å²) < 4.78 is 25.2. The smallest absolute Gasteiger partial charge is 0.163 e. The van der Waals surface area contributed by atoms with Gasteiger partial charge in [0.1, 0.15) is 0 Å². The van der Waals surface area contributed by atoms with Crippen LogP contribution in [-0.2, 0) is 6.54 Å². The summed E-state index contributed by atoms with van der Waals surface area (Å²) in [5, 5.41) is 0. The first-order valence-corrected chi connectivity index (χ1v) is 3.12. The van der Waals surface area contributed by atoms with E-state index in [0.29, 0.717) is 0 Å². The first-order valence-electron chi connectivity index (χ1n) is 3.12. The van der Waals surface area contributed by atoms with Crippen LogP contribution >= 0.6 is 0 Å². The molecule has 2 nitrogen and oxygen atoms in total. The van der Waals surface area contributed by atoms with Crippen molar-refractivity contribution in [3.8, 4) is 0 Å². The standard InChI is InChI=1S/C7H8F2N2/c8-6-3-1-2-5(4-11-10)7(6)9/h1-3,11H,4,10H2. The average Bonchev–Trinajstić information content (AvgIpc) is 1.99. The van der Waals surface area contributed by atoms with Gasteiger partial charge in [-0.15, -0.1) is 0 Å². The molecule has 60 valence electrons. The van der Waals surface area contributed by atoms with Crippen molar-refractivity contribution < 1.29 is 8.78 Å². The van der Waals surface area contributed by atoms with E-state index in [-0.39, 0.29) is 12.1 Å². The second-order valence-electron chi connectivity index (χ2n) is 2.09. The molecule has 11 heavy (non-hydrogen) atoms. The Morgan fingerprint density at radius 3 is 2.73 bits per heavy atom. The molecule has 0 amide bonds. The van der Waals surface area contributed by atoms with E-state index < -0.39 is 11.6 Å². The van der Waals surface area contributed by atoms with Gasteiger partial charge in [-0.25, -0.2) is 8.78 Å². The van der Waals surface area contributed by atoms with Crippen LogP contribution in [0.3, 0.4) is 0 Å². The summed E-state index contributed by atoms with van der Waals surface area (Å²) in [7, 11) is 0. The van der Waals surface area contributed by atoms with Gasteiger partial charge >= 0.3 is 0 Å². The summed E-state index contributed by atoms with van der Waals surface area (Å²) in [5.41, 5.74) is 2.47. The maximum atomic E-state index is 12.7. The Balaban J connectivity index is 2.96. The lowest BCUT2D eigenvalue weighted by Gasteiger charge is -2.01. The predicted molar refractivity (Wildman–Crippen MR) is 37.4 cm³/mol. The number of halogens is 2. The van der Waals surface area contributed by atoms with Gasteiger partial charge in [0.15, 0.2) is 11.6 Å². The number of hydrazine groups is 1. The zero-order valence-corrected chi connectivity index (χ0v) is 5.77. The number of nitrogens with one attached hydrogen (secondary N) is 1. The molecule has 0 fully saturated rings.